The largest absolute Gasteiger partial charge is 0.416 e. The lowest BCUT2D eigenvalue weighted by atomic mass is 9.97. The second-order valence-corrected chi connectivity index (χ2v) is 5.97. The van der Waals surface area contributed by atoms with Crippen LogP contribution in [0.4, 0.5) is 13.2 Å². The maximum atomic E-state index is 12.5. The minimum Gasteiger partial charge on any atom is -0.166 e. The fourth-order valence-electron chi connectivity index (χ4n) is 2.41. The first-order valence-corrected chi connectivity index (χ1v) is 6.67. The van der Waals surface area contributed by atoms with Crippen LogP contribution in [0, 0.1) is 5.92 Å². The number of benzene rings is 1. The molecule has 0 N–H and O–H groups in total. The Bertz CT molecular complexity index is 386. The molecule has 1 aliphatic carbocycles. The van der Waals surface area contributed by atoms with Crippen LogP contribution in [0.5, 0.6) is 0 Å². The highest BCUT2D eigenvalue weighted by Gasteiger charge is 2.30. The van der Waals surface area contributed by atoms with Crippen molar-refractivity contribution in [2.24, 2.45) is 5.92 Å². The highest BCUT2D eigenvalue weighted by molar-refractivity contribution is 9.09. The molecule has 0 aliphatic heterocycles. The van der Waals surface area contributed by atoms with Gasteiger partial charge < -0.3 is 0 Å². The Morgan fingerprint density at radius 2 is 2.00 bits per heavy atom. The van der Waals surface area contributed by atoms with Gasteiger partial charge in [0.2, 0.25) is 0 Å². The van der Waals surface area contributed by atoms with Crippen molar-refractivity contribution < 1.29 is 13.2 Å². The van der Waals surface area contributed by atoms with Crippen LogP contribution in [0.25, 0.3) is 0 Å². The standard InChI is InChI=1S/C13H14BrF3/c14-12-5-4-10(8-12)6-9-2-1-3-11(7-9)13(15,16)17/h1-3,7,10,12H,4-6,8H2. The van der Waals surface area contributed by atoms with Crippen LogP contribution in [0.15, 0.2) is 24.3 Å². The Morgan fingerprint density at radius 1 is 1.24 bits per heavy atom. The van der Waals surface area contributed by atoms with Gasteiger partial charge in [-0.25, -0.2) is 0 Å². The number of halogens is 4. The molecule has 2 rings (SSSR count). The first kappa shape index (κ1) is 12.9. The highest BCUT2D eigenvalue weighted by Crippen LogP contribution is 2.34. The molecule has 17 heavy (non-hydrogen) atoms. The van der Waals surface area contributed by atoms with Crippen molar-refractivity contribution in [1.82, 2.24) is 0 Å². The van der Waals surface area contributed by atoms with E-state index < -0.39 is 11.7 Å². The molecule has 94 valence electrons. The van der Waals surface area contributed by atoms with Gasteiger partial charge in [-0.05, 0) is 43.2 Å². The average Bonchev–Trinajstić information content (AvgIpc) is 2.63. The molecule has 1 aromatic rings. The Balaban J connectivity index is 2.06. The number of hydrogen-bond acceptors (Lipinski definition) is 0. The summed E-state index contributed by atoms with van der Waals surface area (Å²) in [5, 5.41) is 0. The molecule has 0 saturated heterocycles. The molecule has 0 heterocycles. The van der Waals surface area contributed by atoms with E-state index in [1.165, 1.54) is 12.1 Å². The SMILES string of the molecule is FC(F)(F)c1cccc(CC2CCC(Br)C2)c1. The van der Waals surface area contributed by atoms with Crippen LogP contribution < -0.4 is 0 Å². The maximum Gasteiger partial charge on any atom is 0.416 e. The summed E-state index contributed by atoms with van der Waals surface area (Å²) < 4.78 is 37.6. The minimum absolute atomic E-state index is 0.517. The lowest BCUT2D eigenvalue weighted by Crippen LogP contribution is -2.07. The van der Waals surface area contributed by atoms with Gasteiger partial charge in [-0.1, -0.05) is 34.1 Å². The van der Waals surface area contributed by atoms with Gasteiger partial charge in [-0.2, -0.15) is 13.2 Å². The number of alkyl halides is 4. The quantitative estimate of drug-likeness (QED) is 0.688. The van der Waals surface area contributed by atoms with E-state index in [1.54, 1.807) is 6.07 Å². The smallest absolute Gasteiger partial charge is 0.166 e. The lowest BCUT2D eigenvalue weighted by Gasteiger charge is -2.12. The second kappa shape index (κ2) is 5.01. The van der Waals surface area contributed by atoms with E-state index in [0.717, 1.165) is 37.3 Å². The van der Waals surface area contributed by atoms with Gasteiger partial charge in [0.15, 0.2) is 0 Å². The Morgan fingerprint density at radius 3 is 2.59 bits per heavy atom. The van der Waals surface area contributed by atoms with Crippen LogP contribution in [0.1, 0.15) is 30.4 Å². The average molecular weight is 307 g/mol. The topological polar surface area (TPSA) is 0 Å². The molecule has 1 aromatic carbocycles. The summed E-state index contributed by atoms with van der Waals surface area (Å²) in [5.74, 6) is 0.517. The van der Waals surface area contributed by atoms with Gasteiger partial charge in [-0.15, -0.1) is 0 Å². The van der Waals surface area contributed by atoms with E-state index in [9.17, 15) is 13.2 Å². The summed E-state index contributed by atoms with van der Waals surface area (Å²) in [4.78, 5) is 0.540. The molecule has 0 nitrogen and oxygen atoms in total. The molecular formula is C13H14BrF3. The van der Waals surface area contributed by atoms with Crippen LogP contribution >= 0.6 is 15.9 Å². The van der Waals surface area contributed by atoms with Gasteiger partial charge in [0.25, 0.3) is 0 Å². The van der Waals surface area contributed by atoms with Crippen LogP contribution in [0.3, 0.4) is 0 Å². The molecule has 1 saturated carbocycles. The fraction of sp³-hybridized carbons (Fsp3) is 0.538. The first-order chi connectivity index (χ1) is 7.95. The van der Waals surface area contributed by atoms with Gasteiger partial charge >= 0.3 is 6.18 Å². The molecule has 2 atom stereocenters. The van der Waals surface area contributed by atoms with Crippen molar-refractivity contribution in [1.29, 1.82) is 0 Å². The van der Waals surface area contributed by atoms with Crippen molar-refractivity contribution in [3.8, 4) is 0 Å². The molecule has 0 radical (unpaired) electrons. The van der Waals surface area contributed by atoms with Crippen LogP contribution in [-0.2, 0) is 12.6 Å². The molecule has 0 aromatic heterocycles. The van der Waals surface area contributed by atoms with E-state index >= 15 is 0 Å². The van der Waals surface area contributed by atoms with Crippen LogP contribution in [0.2, 0.25) is 0 Å². The normalized spacial score (nSPS) is 25.2. The van der Waals surface area contributed by atoms with E-state index in [4.69, 9.17) is 0 Å². The molecule has 0 bridgehead atoms. The minimum atomic E-state index is -4.23. The van der Waals surface area contributed by atoms with Gasteiger partial charge in [0.1, 0.15) is 0 Å². The van der Waals surface area contributed by atoms with Crippen LogP contribution in [-0.4, -0.2) is 4.83 Å². The van der Waals surface area contributed by atoms with E-state index in [2.05, 4.69) is 15.9 Å². The van der Waals surface area contributed by atoms with Crippen molar-refractivity contribution >= 4 is 15.9 Å². The predicted molar refractivity (Wildman–Crippen MR) is 65.2 cm³/mol. The summed E-state index contributed by atoms with van der Waals surface area (Å²) in [6.45, 7) is 0. The van der Waals surface area contributed by atoms with Crippen molar-refractivity contribution in [2.45, 2.75) is 36.7 Å². The molecule has 4 heteroatoms. The van der Waals surface area contributed by atoms with Crippen molar-refractivity contribution in [3.63, 3.8) is 0 Å². The molecule has 0 amide bonds. The fourth-order valence-corrected chi connectivity index (χ4v) is 3.20. The lowest BCUT2D eigenvalue weighted by molar-refractivity contribution is -0.137. The molecular weight excluding hydrogens is 293 g/mol. The summed E-state index contributed by atoms with van der Waals surface area (Å²) in [7, 11) is 0. The zero-order chi connectivity index (χ0) is 12.5. The van der Waals surface area contributed by atoms with E-state index in [0.29, 0.717) is 10.7 Å². The molecule has 1 fully saturated rings. The third-order valence-electron chi connectivity index (χ3n) is 3.26. The Kier molecular flexibility index (Phi) is 3.81. The zero-order valence-corrected chi connectivity index (χ0v) is 10.9. The maximum absolute atomic E-state index is 12.5. The molecule has 2 unspecified atom stereocenters. The third-order valence-corrected chi connectivity index (χ3v) is 4.09. The monoisotopic (exact) mass is 306 g/mol. The summed E-state index contributed by atoms with van der Waals surface area (Å²) in [6.07, 6.45) is -0.179. The predicted octanol–water partition coefficient (Wildman–Crippen LogP) is 4.81. The summed E-state index contributed by atoms with van der Waals surface area (Å²) >= 11 is 3.56. The first-order valence-electron chi connectivity index (χ1n) is 5.75. The summed E-state index contributed by atoms with van der Waals surface area (Å²) in [5.41, 5.74) is 0.259. The van der Waals surface area contributed by atoms with Crippen molar-refractivity contribution in [2.75, 3.05) is 0 Å². The Labute approximate surface area is 107 Å². The number of hydrogen-bond donors (Lipinski definition) is 0. The van der Waals surface area contributed by atoms with E-state index in [-0.39, 0.29) is 0 Å². The summed E-state index contributed by atoms with van der Waals surface area (Å²) in [6, 6.07) is 5.70. The molecule has 1 aliphatic rings. The molecule has 0 spiro atoms. The number of rotatable bonds is 2. The Hall–Kier alpha value is -0.510. The van der Waals surface area contributed by atoms with Gasteiger partial charge in [0.05, 0.1) is 5.56 Å². The van der Waals surface area contributed by atoms with E-state index in [1.807, 2.05) is 0 Å². The third kappa shape index (κ3) is 3.47. The second-order valence-electron chi connectivity index (χ2n) is 4.68. The highest BCUT2D eigenvalue weighted by atomic mass is 79.9. The zero-order valence-electron chi connectivity index (χ0n) is 9.30. The van der Waals surface area contributed by atoms with Crippen molar-refractivity contribution in [3.05, 3.63) is 35.4 Å². The van der Waals surface area contributed by atoms with Gasteiger partial charge in [-0.3, -0.25) is 0 Å². The van der Waals surface area contributed by atoms with Gasteiger partial charge in [0, 0.05) is 4.83 Å².